The highest BCUT2D eigenvalue weighted by atomic mass is 35.5. The molecule has 1 aliphatic rings. The molecule has 4 heteroatoms. The molecule has 2 nitrogen and oxygen atoms in total. The Bertz CT molecular complexity index is 372. The Labute approximate surface area is 99.7 Å². The van der Waals surface area contributed by atoms with Gasteiger partial charge in [0.25, 0.3) is 0 Å². The zero-order valence-electron chi connectivity index (χ0n) is 9.17. The molecule has 0 aliphatic carbocycles. The predicted molar refractivity (Wildman–Crippen MR) is 63.5 cm³/mol. The van der Waals surface area contributed by atoms with Gasteiger partial charge in [0.15, 0.2) is 0 Å². The first kappa shape index (κ1) is 11.7. The van der Waals surface area contributed by atoms with Crippen molar-refractivity contribution in [3.8, 4) is 0 Å². The molecular formula is C12H15ClFNO. The van der Waals surface area contributed by atoms with Gasteiger partial charge < -0.3 is 10.1 Å². The Morgan fingerprint density at radius 3 is 2.94 bits per heavy atom. The van der Waals surface area contributed by atoms with E-state index in [1.807, 2.05) is 0 Å². The molecule has 2 unspecified atom stereocenters. The highest BCUT2D eigenvalue weighted by Gasteiger charge is 2.21. The van der Waals surface area contributed by atoms with Crippen molar-refractivity contribution >= 4 is 17.3 Å². The molecule has 1 aliphatic heterocycles. The summed E-state index contributed by atoms with van der Waals surface area (Å²) in [5, 5.41) is 3.45. The first-order valence-electron chi connectivity index (χ1n) is 5.49. The number of hydrogen-bond acceptors (Lipinski definition) is 2. The Hall–Kier alpha value is -0.800. The molecule has 1 aromatic carbocycles. The summed E-state index contributed by atoms with van der Waals surface area (Å²) in [6, 6.07) is 4.63. The average Bonchev–Trinajstić information content (AvgIpc) is 2.63. The predicted octanol–water partition coefficient (Wildman–Crippen LogP) is 3.46. The molecule has 88 valence electrons. The van der Waals surface area contributed by atoms with Crippen molar-refractivity contribution in [2.24, 2.45) is 0 Å². The number of nitrogens with one attached hydrogen (secondary N) is 1. The van der Waals surface area contributed by atoms with Gasteiger partial charge in [0.05, 0.1) is 17.9 Å². The number of hydrogen-bond donors (Lipinski definition) is 1. The van der Waals surface area contributed by atoms with Gasteiger partial charge >= 0.3 is 0 Å². The Kier molecular flexibility index (Phi) is 3.66. The Morgan fingerprint density at radius 2 is 2.31 bits per heavy atom. The number of halogens is 2. The van der Waals surface area contributed by atoms with Gasteiger partial charge in [-0.05, 0) is 38.0 Å². The van der Waals surface area contributed by atoms with E-state index >= 15 is 0 Å². The second kappa shape index (κ2) is 5.02. The molecule has 1 heterocycles. The average molecular weight is 244 g/mol. The van der Waals surface area contributed by atoms with Gasteiger partial charge in [-0.1, -0.05) is 11.6 Å². The van der Waals surface area contributed by atoms with Crippen molar-refractivity contribution in [3.63, 3.8) is 0 Å². The molecule has 2 atom stereocenters. The van der Waals surface area contributed by atoms with E-state index in [1.165, 1.54) is 6.07 Å². The molecule has 0 radical (unpaired) electrons. The lowest BCUT2D eigenvalue weighted by Gasteiger charge is -2.13. The molecule has 16 heavy (non-hydrogen) atoms. The molecule has 0 amide bonds. The van der Waals surface area contributed by atoms with Crippen LogP contribution in [0.3, 0.4) is 0 Å². The number of ether oxygens (including phenoxy) is 1. The molecule has 0 spiro atoms. The van der Waals surface area contributed by atoms with Crippen LogP contribution >= 0.6 is 11.6 Å². The smallest absolute Gasteiger partial charge is 0.147 e. The first-order valence-corrected chi connectivity index (χ1v) is 5.87. The molecule has 0 aromatic heterocycles. The third-order valence-electron chi connectivity index (χ3n) is 2.77. The van der Waals surface area contributed by atoms with E-state index in [2.05, 4.69) is 12.2 Å². The highest BCUT2D eigenvalue weighted by molar-refractivity contribution is 6.30. The summed E-state index contributed by atoms with van der Waals surface area (Å²) in [7, 11) is 0. The largest absolute Gasteiger partial charge is 0.380 e. The van der Waals surface area contributed by atoms with E-state index in [0.29, 0.717) is 23.4 Å². The summed E-state index contributed by atoms with van der Waals surface area (Å²) in [5.74, 6) is -0.321. The molecule has 1 N–H and O–H groups in total. The van der Waals surface area contributed by atoms with Gasteiger partial charge in [0.2, 0.25) is 0 Å². The van der Waals surface area contributed by atoms with Gasteiger partial charge in [-0.25, -0.2) is 4.39 Å². The summed E-state index contributed by atoms with van der Waals surface area (Å²) in [6.07, 6.45) is 2.62. The molecule has 1 saturated heterocycles. The maximum absolute atomic E-state index is 13.4. The van der Waals surface area contributed by atoms with Crippen molar-refractivity contribution in [2.75, 3.05) is 11.9 Å². The fraction of sp³-hybridized carbons (Fsp3) is 0.500. The van der Waals surface area contributed by atoms with Crippen molar-refractivity contribution in [3.05, 3.63) is 29.0 Å². The minimum atomic E-state index is -0.321. The molecule has 0 saturated carbocycles. The zero-order valence-corrected chi connectivity index (χ0v) is 9.93. The van der Waals surface area contributed by atoms with E-state index in [4.69, 9.17) is 16.3 Å². The normalized spacial score (nSPS) is 24.7. The second-order valence-electron chi connectivity index (χ2n) is 4.15. The van der Waals surface area contributed by atoms with Crippen LogP contribution in [0, 0.1) is 5.82 Å². The van der Waals surface area contributed by atoms with Crippen molar-refractivity contribution in [1.82, 2.24) is 0 Å². The van der Waals surface area contributed by atoms with Gasteiger partial charge in [-0.2, -0.15) is 0 Å². The van der Waals surface area contributed by atoms with E-state index in [0.717, 1.165) is 12.8 Å². The summed E-state index contributed by atoms with van der Waals surface area (Å²) >= 11 is 5.67. The number of anilines is 1. The van der Waals surface area contributed by atoms with Crippen LogP contribution in [-0.2, 0) is 4.74 Å². The molecule has 0 bridgehead atoms. The van der Waals surface area contributed by atoms with Crippen LogP contribution in [0.1, 0.15) is 19.8 Å². The monoisotopic (exact) mass is 243 g/mol. The minimum Gasteiger partial charge on any atom is -0.380 e. The van der Waals surface area contributed by atoms with E-state index < -0.39 is 0 Å². The van der Waals surface area contributed by atoms with Crippen LogP contribution in [0.15, 0.2) is 18.2 Å². The van der Waals surface area contributed by atoms with Gasteiger partial charge in [-0.15, -0.1) is 0 Å². The van der Waals surface area contributed by atoms with Crippen LogP contribution in [0.5, 0.6) is 0 Å². The summed E-state index contributed by atoms with van der Waals surface area (Å²) in [4.78, 5) is 0. The number of benzene rings is 1. The lowest BCUT2D eigenvalue weighted by Crippen LogP contribution is -2.20. The van der Waals surface area contributed by atoms with Crippen molar-refractivity contribution in [1.29, 1.82) is 0 Å². The highest BCUT2D eigenvalue weighted by Crippen LogP contribution is 2.22. The Balaban J connectivity index is 1.89. The van der Waals surface area contributed by atoms with Crippen molar-refractivity contribution < 1.29 is 9.13 Å². The van der Waals surface area contributed by atoms with Crippen LogP contribution in [0.4, 0.5) is 10.1 Å². The van der Waals surface area contributed by atoms with Crippen LogP contribution < -0.4 is 5.32 Å². The summed E-state index contributed by atoms with van der Waals surface area (Å²) in [6.45, 7) is 2.70. The summed E-state index contributed by atoms with van der Waals surface area (Å²) in [5.41, 5.74) is 0.479. The van der Waals surface area contributed by atoms with E-state index in [1.54, 1.807) is 12.1 Å². The molecular weight excluding hydrogens is 229 g/mol. The SMILES string of the molecule is CC1CCC(CNc2ccc(Cl)cc2F)O1. The topological polar surface area (TPSA) is 21.3 Å². The Morgan fingerprint density at radius 1 is 1.50 bits per heavy atom. The minimum absolute atomic E-state index is 0.185. The van der Waals surface area contributed by atoms with Gasteiger partial charge in [0, 0.05) is 11.6 Å². The third-order valence-corrected chi connectivity index (χ3v) is 3.01. The second-order valence-corrected chi connectivity index (χ2v) is 4.59. The molecule has 1 fully saturated rings. The lowest BCUT2D eigenvalue weighted by molar-refractivity contribution is 0.0636. The fourth-order valence-corrected chi connectivity index (χ4v) is 2.05. The zero-order chi connectivity index (χ0) is 11.5. The fourth-order valence-electron chi connectivity index (χ4n) is 1.89. The summed E-state index contributed by atoms with van der Waals surface area (Å²) < 4.78 is 19.0. The van der Waals surface area contributed by atoms with E-state index in [9.17, 15) is 4.39 Å². The molecule has 2 rings (SSSR count). The van der Waals surface area contributed by atoms with Gasteiger partial charge in [-0.3, -0.25) is 0 Å². The standard InChI is InChI=1S/C12H15ClFNO/c1-8-2-4-10(16-8)7-15-12-5-3-9(13)6-11(12)14/h3,5-6,8,10,15H,2,4,7H2,1H3. The number of rotatable bonds is 3. The lowest BCUT2D eigenvalue weighted by atomic mass is 10.2. The first-order chi connectivity index (χ1) is 7.65. The maximum atomic E-state index is 13.4. The van der Waals surface area contributed by atoms with Crippen LogP contribution in [0.25, 0.3) is 0 Å². The van der Waals surface area contributed by atoms with Crippen LogP contribution in [-0.4, -0.2) is 18.8 Å². The quantitative estimate of drug-likeness (QED) is 0.878. The van der Waals surface area contributed by atoms with Gasteiger partial charge in [0.1, 0.15) is 5.82 Å². The van der Waals surface area contributed by atoms with Crippen molar-refractivity contribution in [2.45, 2.75) is 32.0 Å². The van der Waals surface area contributed by atoms with E-state index in [-0.39, 0.29) is 11.9 Å². The molecule has 1 aromatic rings. The van der Waals surface area contributed by atoms with Crippen LogP contribution in [0.2, 0.25) is 5.02 Å². The third kappa shape index (κ3) is 2.86. The maximum Gasteiger partial charge on any atom is 0.147 e.